The molecule has 4 unspecified atom stereocenters. The van der Waals surface area contributed by atoms with Crippen LogP contribution in [0.4, 0.5) is 0 Å². The minimum atomic E-state index is -0.0104. The summed E-state index contributed by atoms with van der Waals surface area (Å²) in [7, 11) is 0. The first kappa shape index (κ1) is 14.8. The minimum absolute atomic E-state index is 0.0104. The van der Waals surface area contributed by atoms with Crippen molar-refractivity contribution < 1.29 is 9.53 Å². The van der Waals surface area contributed by atoms with Gasteiger partial charge in [-0.05, 0) is 31.7 Å². The maximum absolute atomic E-state index is 12.4. The third kappa shape index (κ3) is 4.18. The molecule has 0 spiro atoms. The van der Waals surface area contributed by atoms with Gasteiger partial charge in [0, 0.05) is 12.1 Å². The molecule has 0 radical (unpaired) electrons. The summed E-state index contributed by atoms with van der Waals surface area (Å²) in [5, 5.41) is 6.66. The van der Waals surface area contributed by atoms with Crippen LogP contribution in [0.5, 0.6) is 0 Å². The van der Waals surface area contributed by atoms with Crippen LogP contribution in [-0.4, -0.2) is 37.7 Å². The highest BCUT2D eigenvalue weighted by Gasteiger charge is 2.34. The second-order valence-electron chi connectivity index (χ2n) is 6.18. The van der Waals surface area contributed by atoms with Crippen molar-refractivity contribution in [3.63, 3.8) is 0 Å². The minimum Gasteiger partial charge on any atom is -0.379 e. The van der Waals surface area contributed by atoms with Gasteiger partial charge in [-0.25, -0.2) is 0 Å². The fourth-order valence-electron chi connectivity index (χ4n) is 3.22. The Morgan fingerprint density at radius 3 is 2.89 bits per heavy atom. The van der Waals surface area contributed by atoms with Gasteiger partial charge in [-0.15, -0.1) is 0 Å². The lowest BCUT2D eigenvalue weighted by Gasteiger charge is -2.29. The molecule has 4 heteroatoms. The summed E-state index contributed by atoms with van der Waals surface area (Å²) in [6.07, 6.45) is 5.90. The third-order valence-electron chi connectivity index (χ3n) is 4.36. The van der Waals surface area contributed by atoms with E-state index in [1.54, 1.807) is 0 Å². The van der Waals surface area contributed by atoms with E-state index in [0.29, 0.717) is 19.3 Å². The van der Waals surface area contributed by atoms with Crippen LogP contribution in [0.2, 0.25) is 0 Å². The highest BCUT2D eigenvalue weighted by Crippen LogP contribution is 2.24. The maximum Gasteiger partial charge on any atom is 0.227 e. The number of carbonyl (C=O) groups excluding carboxylic acids is 1. The predicted molar refractivity (Wildman–Crippen MR) is 76.0 cm³/mol. The largest absolute Gasteiger partial charge is 0.379 e. The second-order valence-corrected chi connectivity index (χ2v) is 6.18. The van der Waals surface area contributed by atoms with Gasteiger partial charge in [0.05, 0.1) is 19.1 Å². The van der Waals surface area contributed by atoms with Crippen molar-refractivity contribution in [2.45, 2.75) is 58.0 Å². The van der Waals surface area contributed by atoms with Gasteiger partial charge in [-0.1, -0.05) is 26.7 Å². The summed E-state index contributed by atoms with van der Waals surface area (Å²) in [4.78, 5) is 12.4. The molecule has 110 valence electrons. The van der Waals surface area contributed by atoms with Crippen molar-refractivity contribution in [1.82, 2.24) is 10.6 Å². The number of carbonyl (C=O) groups is 1. The fourth-order valence-corrected chi connectivity index (χ4v) is 3.22. The van der Waals surface area contributed by atoms with Gasteiger partial charge < -0.3 is 15.4 Å². The Morgan fingerprint density at radius 1 is 1.32 bits per heavy atom. The molecule has 0 aromatic heterocycles. The molecule has 1 saturated heterocycles. The Hall–Kier alpha value is -0.610. The van der Waals surface area contributed by atoms with E-state index < -0.39 is 0 Å². The van der Waals surface area contributed by atoms with E-state index in [1.165, 1.54) is 12.8 Å². The molecule has 2 aliphatic rings. The first-order valence-corrected chi connectivity index (χ1v) is 7.82. The molecule has 1 saturated carbocycles. The zero-order valence-electron chi connectivity index (χ0n) is 12.3. The molecular formula is C15H28N2O2. The van der Waals surface area contributed by atoms with Gasteiger partial charge in [-0.2, -0.15) is 0 Å². The monoisotopic (exact) mass is 268 g/mol. The van der Waals surface area contributed by atoms with Crippen molar-refractivity contribution >= 4 is 5.91 Å². The van der Waals surface area contributed by atoms with E-state index >= 15 is 0 Å². The molecule has 1 amide bonds. The molecule has 0 aromatic carbocycles. The van der Waals surface area contributed by atoms with Gasteiger partial charge in [0.2, 0.25) is 5.91 Å². The van der Waals surface area contributed by atoms with Crippen molar-refractivity contribution in [3.8, 4) is 0 Å². The molecule has 2 N–H and O–H groups in total. The van der Waals surface area contributed by atoms with Gasteiger partial charge in [0.1, 0.15) is 0 Å². The molecule has 19 heavy (non-hydrogen) atoms. The molecule has 1 aliphatic carbocycles. The van der Waals surface area contributed by atoms with E-state index in [2.05, 4.69) is 24.5 Å². The lowest BCUT2D eigenvalue weighted by molar-refractivity contribution is -0.126. The molecule has 4 atom stereocenters. The Labute approximate surface area is 116 Å². The highest BCUT2D eigenvalue weighted by molar-refractivity contribution is 5.80. The number of ether oxygens (including phenoxy) is 1. The van der Waals surface area contributed by atoms with Gasteiger partial charge >= 0.3 is 0 Å². The molecule has 0 bridgehead atoms. The average Bonchev–Trinajstić information content (AvgIpc) is 2.84. The van der Waals surface area contributed by atoms with Gasteiger partial charge in [-0.3, -0.25) is 4.79 Å². The van der Waals surface area contributed by atoms with Crippen molar-refractivity contribution in [3.05, 3.63) is 0 Å². The molecule has 0 aromatic rings. The van der Waals surface area contributed by atoms with Crippen LogP contribution in [0, 0.1) is 11.8 Å². The SMILES string of the molecule is CCCNC1COCC1C(=O)NC1CCCC(C)C1. The summed E-state index contributed by atoms with van der Waals surface area (Å²) in [6.45, 7) is 6.61. The quantitative estimate of drug-likeness (QED) is 0.798. The van der Waals surface area contributed by atoms with Crippen LogP contribution < -0.4 is 10.6 Å². The first-order valence-electron chi connectivity index (χ1n) is 7.82. The fraction of sp³-hybridized carbons (Fsp3) is 0.933. The lowest BCUT2D eigenvalue weighted by atomic mass is 9.86. The normalized spacial score (nSPS) is 35.3. The number of rotatable bonds is 5. The van der Waals surface area contributed by atoms with Crippen LogP contribution in [-0.2, 0) is 9.53 Å². The van der Waals surface area contributed by atoms with Crippen LogP contribution in [0.3, 0.4) is 0 Å². The van der Waals surface area contributed by atoms with E-state index in [9.17, 15) is 4.79 Å². The van der Waals surface area contributed by atoms with Crippen molar-refractivity contribution in [2.24, 2.45) is 11.8 Å². The van der Waals surface area contributed by atoms with Crippen molar-refractivity contribution in [1.29, 1.82) is 0 Å². The van der Waals surface area contributed by atoms with Crippen LogP contribution in [0.1, 0.15) is 46.0 Å². The maximum atomic E-state index is 12.4. The Kier molecular flexibility index (Phi) is 5.64. The molecule has 1 heterocycles. The smallest absolute Gasteiger partial charge is 0.227 e. The molecule has 2 fully saturated rings. The summed E-state index contributed by atoms with van der Waals surface area (Å²) >= 11 is 0. The first-order chi connectivity index (χ1) is 9.20. The lowest BCUT2D eigenvalue weighted by Crippen LogP contribution is -2.47. The summed E-state index contributed by atoms with van der Waals surface area (Å²) < 4.78 is 5.47. The standard InChI is InChI=1S/C15H28N2O2/c1-3-7-16-14-10-19-9-13(14)15(18)17-12-6-4-5-11(2)8-12/h11-14,16H,3-10H2,1-2H3,(H,17,18). The second kappa shape index (κ2) is 7.25. The van der Waals surface area contributed by atoms with Crippen LogP contribution in [0.25, 0.3) is 0 Å². The number of hydrogen-bond acceptors (Lipinski definition) is 3. The van der Waals surface area contributed by atoms with Gasteiger partial charge in [0.15, 0.2) is 0 Å². The van der Waals surface area contributed by atoms with Crippen LogP contribution in [0.15, 0.2) is 0 Å². The molecule has 2 rings (SSSR count). The Bertz CT molecular complexity index is 296. The zero-order valence-corrected chi connectivity index (χ0v) is 12.3. The number of amides is 1. The number of nitrogens with one attached hydrogen (secondary N) is 2. The summed E-state index contributed by atoms with van der Waals surface area (Å²) in [5.41, 5.74) is 0. The zero-order chi connectivity index (χ0) is 13.7. The Morgan fingerprint density at radius 2 is 2.16 bits per heavy atom. The van der Waals surface area contributed by atoms with Crippen LogP contribution >= 0.6 is 0 Å². The summed E-state index contributed by atoms with van der Waals surface area (Å²) in [6, 6.07) is 0.574. The van der Waals surface area contributed by atoms with Gasteiger partial charge in [0.25, 0.3) is 0 Å². The predicted octanol–water partition coefficient (Wildman–Crippen LogP) is 1.70. The van der Waals surface area contributed by atoms with Crippen molar-refractivity contribution in [2.75, 3.05) is 19.8 Å². The van der Waals surface area contributed by atoms with E-state index in [1.807, 2.05) is 0 Å². The van der Waals surface area contributed by atoms with E-state index in [0.717, 1.165) is 31.7 Å². The molecule has 1 aliphatic heterocycles. The van der Waals surface area contributed by atoms with E-state index in [4.69, 9.17) is 4.74 Å². The summed E-state index contributed by atoms with van der Waals surface area (Å²) in [5.74, 6) is 0.918. The third-order valence-corrected chi connectivity index (χ3v) is 4.36. The molecule has 4 nitrogen and oxygen atoms in total. The van der Waals surface area contributed by atoms with E-state index in [-0.39, 0.29) is 17.9 Å². The average molecular weight is 268 g/mol. The highest BCUT2D eigenvalue weighted by atomic mass is 16.5. The number of hydrogen-bond donors (Lipinski definition) is 2. The topological polar surface area (TPSA) is 50.4 Å². The molecular weight excluding hydrogens is 240 g/mol. The Balaban J connectivity index is 1.81.